The van der Waals surface area contributed by atoms with E-state index in [0.717, 1.165) is 11.9 Å². The Kier molecular flexibility index (Phi) is 18.9. The lowest BCUT2D eigenvalue weighted by Crippen LogP contribution is -2.44. The number of aromatic nitrogens is 2. The summed E-state index contributed by atoms with van der Waals surface area (Å²) < 4.78 is 3.14. The van der Waals surface area contributed by atoms with E-state index < -0.39 is 18.4 Å². The zero-order valence-corrected chi connectivity index (χ0v) is 35.8. The third kappa shape index (κ3) is 12.9. The maximum Gasteiger partial charge on any atom is 0.295 e. The molecule has 1 aromatic heterocycles. The zero-order valence-electron chi connectivity index (χ0n) is 35.8. The molecule has 0 bridgehead atoms. The van der Waals surface area contributed by atoms with Gasteiger partial charge in [0, 0.05) is 46.3 Å². The highest BCUT2D eigenvalue weighted by Gasteiger charge is 2.23. The first kappa shape index (κ1) is 48.8. The van der Waals surface area contributed by atoms with Gasteiger partial charge in [0.25, 0.3) is 23.3 Å². The first-order valence-electron chi connectivity index (χ1n) is 19.1. The summed E-state index contributed by atoms with van der Waals surface area (Å²) in [7, 11) is 6.79. The number of nitrogen functional groups attached to an aromatic ring is 1. The van der Waals surface area contributed by atoms with Gasteiger partial charge in [0.15, 0.2) is 6.54 Å². The number of nitrogens with zero attached hydrogens (tertiary/aromatic N) is 9. The predicted molar refractivity (Wildman–Crippen MR) is 249 cm³/mol. The molecule has 0 radical (unpaired) electrons. The van der Waals surface area contributed by atoms with Gasteiger partial charge in [-0.2, -0.15) is 4.91 Å². The lowest BCUT2D eigenvalue weighted by Gasteiger charge is -2.33. The van der Waals surface area contributed by atoms with Crippen LogP contribution in [0.25, 0.3) is 11.8 Å². The van der Waals surface area contributed by atoms with Crippen molar-refractivity contribution in [2.75, 3.05) is 48.4 Å². The van der Waals surface area contributed by atoms with Crippen molar-refractivity contribution in [3.05, 3.63) is 186 Å². The van der Waals surface area contributed by atoms with E-state index in [4.69, 9.17) is 11.1 Å². The zero-order chi connectivity index (χ0) is 46.5. The van der Waals surface area contributed by atoms with Crippen LogP contribution in [0.2, 0.25) is 0 Å². The summed E-state index contributed by atoms with van der Waals surface area (Å²) in [6, 6.07) is 36.3. The molecule has 0 fully saturated rings. The summed E-state index contributed by atoms with van der Waals surface area (Å²) in [5, 5.41) is 18.5. The highest BCUT2D eigenvalue weighted by atomic mass is 16.3. The van der Waals surface area contributed by atoms with Gasteiger partial charge in [0.1, 0.15) is 12.0 Å². The van der Waals surface area contributed by atoms with Crippen LogP contribution in [-0.4, -0.2) is 82.3 Å². The van der Waals surface area contributed by atoms with Crippen LogP contribution in [0.5, 0.6) is 0 Å². The molecule has 3 N–H and O–H groups in total. The van der Waals surface area contributed by atoms with E-state index in [1.165, 1.54) is 43.1 Å². The van der Waals surface area contributed by atoms with Crippen molar-refractivity contribution in [2.45, 2.75) is 6.92 Å². The van der Waals surface area contributed by atoms with E-state index in [1.54, 1.807) is 111 Å². The van der Waals surface area contributed by atoms with Gasteiger partial charge < -0.3 is 11.1 Å². The third-order valence-electron chi connectivity index (χ3n) is 8.93. The first-order valence-corrected chi connectivity index (χ1v) is 19.1. The van der Waals surface area contributed by atoms with E-state index in [1.807, 2.05) is 72.8 Å². The number of benzene rings is 4. The normalized spacial score (nSPS) is 10.4. The molecule has 0 unspecified atom stereocenters. The molecule has 17 heteroatoms. The molecular formula is C46H51N11O6. The molecule has 326 valence electrons. The number of nitroso groups, excluding NO2 is 1. The maximum atomic E-state index is 12.8. The first-order chi connectivity index (χ1) is 30.3. The number of hydrogen-bond acceptors (Lipinski definition) is 12. The van der Waals surface area contributed by atoms with Crippen LogP contribution in [-0.2, 0) is 26.2 Å². The smallest absolute Gasteiger partial charge is 0.295 e. The number of nitrogens with one attached hydrogen (secondary N) is 1. The Bertz CT molecular complexity index is 2450. The molecule has 0 aliphatic carbocycles. The molecule has 0 saturated heterocycles. The van der Waals surface area contributed by atoms with Gasteiger partial charge in [-0.15, -0.1) is 0 Å². The number of para-hydroxylation sites is 4. The fraction of sp³-hybridized carbons (Fsp3) is 0.130. The summed E-state index contributed by atoms with van der Waals surface area (Å²) in [6.07, 6.45) is 8.61. The van der Waals surface area contributed by atoms with Crippen molar-refractivity contribution in [3.8, 4) is 5.69 Å². The minimum atomic E-state index is -0.502. The summed E-state index contributed by atoms with van der Waals surface area (Å²) in [4.78, 5) is 69.6. The predicted octanol–water partition coefficient (Wildman–Crippen LogP) is 6.19. The fourth-order valence-electron chi connectivity index (χ4n) is 5.82. The van der Waals surface area contributed by atoms with E-state index in [-0.39, 0.29) is 17.2 Å². The van der Waals surface area contributed by atoms with Crippen LogP contribution in [0.4, 0.5) is 22.7 Å². The number of rotatable bonds is 16. The molecule has 4 aromatic carbocycles. The molecule has 0 spiro atoms. The molecule has 17 nitrogen and oxygen atoms in total. The van der Waals surface area contributed by atoms with Gasteiger partial charge >= 0.3 is 0 Å². The van der Waals surface area contributed by atoms with Gasteiger partial charge in [-0.25, -0.2) is 19.7 Å². The molecule has 0 aliphatic heterocycles. The Morgan fingerprint density at radius 3 is 1.63 bits per heavy atom. The van der Waals surface area contributed by atoms with Crippen molar-refractivity contribution in [1.82, 2.24) is 24.4 Å². The average Bonchev–Trinajstić information content (AvgIpc) is 3.52. The minimum Gasteiger partial charge on any atom is -0.392 e. The Labute approximate surface area is 366 Å². The van der Waals surface area contributed by atoms with Crippen LogP contribution >= 0.6 is 0 Å². The molecule has 3 amide bonds. The number of hydrazine groups is 3. The number of allylic oxidation sites excluding steroid dienone is 2. The Hall–Kier alpha value is -8.60. The number of anilines is 4. The summed E-state index contributed by atoms with van der Waals surface area (Å²) in [6.45, 7) is 8.37. The van der Waals surface area contributed by atoms with Crippen molar-refractivity contribution in [3.63, 3.8) is 0 Å². The molecule has 0 atom stereocenters. The van der Waals surface area contributed by atoms with Gasteiger partial charge in [-0.3, -0.25) is 43.7 Å². The van der Waals surface area contributed by atoms with Crippen LogP contribution in [0.1, 0.15) is 12.6 Å². The van der Waals surface area contributed by atoms with Crippen molar-refractivity contribution >= 4 is 59.0 Å². The Balaban J connectivity index is 0.000000278. The van der Waals surface area contributed by atoms with Crippen LogP contribution in [0.3, 0.4) is 0 Å². The lowest BCUT2D eigenvalue weighted by molar-refractivity contribution is -0.119. The minimum absolute atomic E-state index is 0.0891. The van der Waals surface area contributed by atoms with Crippen LogP contribution < -0.4 is 26.3 Å². The topological polar surface area (TPSA) is 194 Å². The standard InChI is InChI=1S/C22H24N6O3.C12H13N3O2.C12H14N2O/c1-16(25(2)27(20(29)15-24-31)17-10-6-4-7-11-17)14-19-21(23)22(30)28(26(19)3)18-12-8-5-9-13-18;1-14(8-5-9-16)15(12(17)10-13)11-6-3-2-4-7-11;1-4-12(15)14(13(3)5-2)11-9-7-6-8-10-11/h4-14H,15,23H2,1-3H3;2-10,13H,1H3;4-10H,1-2H2,3H3/b16-14+;8-5+,13-10?;. The monoisotopic (exact) mass is 853 g/mol. The largest absolute Gasteiger partial charge is 0.392 e. The third-order valence-corrected chi connectivity index (χ3v) is 8.93. The molecule has 0 saturated carbocycles. The highest BCUT2D eigenvalue weighted by molar-refractivity contribution is 6.31. The molecule has 63 heavy (non-hydrogen) atoms. The second-order valence-corrected chi connectivity index (χ2v) is 13.0. The van der Waals surface area contributed by atoms with E-state index >= 15 is 0 Å². The lowest BCUT2D eigenvalue weighted by atomic mass is 10.3. The number of nitrogens with two attached hydrogens (primary N) is 1. The summed E-state index contributed by atoms with van der Waals surface area (Å²) in [5.41, 5.74) is 9.67. The van der Waals surface area contributed by atoms with Crippen LogP contribution in [0.15, 0.2) is 175 Å². The van der Waals surface area contributed by atoms with E-state index in [2.05, 4.69) is 18.3 Å². The second kappa shape index (κ2) is 24.5. The molecule has 1 heterocycles. The Morgan fingerprint density at radius 2 is 1.21 bits per heavy atom. The van der Waals surface area contributed by atoms with Crippen molar-refractivity contribution < 1.29 is 19.2 Å². The van der Waals surface area contributed by atoms with Crippen molar-refractivity contribution in [2.24, 2.45) is 12.2 Å². The van der Waals surface area contributed by atoms with E-state index in [9.17, 15) is 28.9 Å². The average molecular weight is 854 g/mol. The van der Waals surface area contributed by atoms with Gasteiger partial charge in [0.05, 0.1) is 34.7 Å². The molecular weight excluding hydrogens is 803 g/mol. The summed E-state index contributed by atoms with van der Waals surface area (Å²) >= 11 is 0. The quantitative estimate of drug-likeness (QED) is 0.0380. The second-order valence-electron chi connectivity index (χ2n) is 13.0. The van der Waals surface area contributed by atoms with Crippen molar-refractivity contribution in [1.29, 1.82) is 5.41 Å². The van der Waals surface area contributed by atoms with Crippen LogP contribution in [0, 0.1) is 10.3 Å². The number of aldehydes is 1. The summed E-state index contributed by atoms with van der Waals surface area (Å²) in [5.74, 6) is -1.17. The number of hydrogen-bond donors (Lipinski definition) is 2. The van der Waals surface area contributed by atoms with E-state index in [0.29, 0.717) is 34.7 Å². The molecule has 5 rings (SSSR count). The van der Waals surface area contributed by atoms with Gasteiger partial charge in [-0.1, -0.05) is 91.1 Å². The van der Waals surface area contributed by atoms with Gasteiger partial charge in [0.2, 0.25) is 0 Å². The number of amides is 3. The van der Waals surface area contributed by atoms with Gasteiger partial charge in [-0.05, 0) is 73.7 Å². The number of carbonyl (C=O) groups excluding carboxylic acids is 4. The SMILES string of the molecule is C/C(=C\c1c(N)c(=O)n(-c2ccccc2)n1C)N(C)N(C(=O)CN=O)c1ccccc1.C=CC(=O)N(c1ccccc1)N(C)C=C.CN(/C=C/C=O)N(C(=O)C=N)c1ccccc1. The fourth-order valence-corrected chi connectivity index (χ4v) is 5.82. The number of carbonyl (C=O) groups is 4. The highest BCUT2D eigenvalue weighted by Crippen LogP contribution is 2.22. The maximum absolute atomic E-state index is 12.8. The molecule has 0 aliphatic rings. The molecule has 5 aromatic rings. The Morgan fingerprint density at radius 1 is 0.746 bits per heavy atom.